The summed E-state index contributed by atoms with van der Waals surface area (Å²) in [5.74, 6) is 0. The van der Waals surface area contributed by atoms with Gasteiger partial charge in [0.2, 0.25) is 0 Å². The van der Waals surface area contributed by atoms with Crippen LogP contribution in [0.4, 0.5) is 0 Å². The van der Waals surface area contributed by atoms with Crippen LogP contribution in [0.3, 0.4) is 0 Å². The Balaban J connectivity index is 1.64. The molecule has 0 aromatic heterocycles. The first-order valence-corrected chi connectivity index (χ1v) is 32.2. The highest BCUT2D eigenvalue weighted by Crippen LogP contribution is 2.77. The maximum absolute atomic E-state index is 2.01. The minimum Gasteiger partial charge on any atom is -0.0615 e. The van der Waals surface area contributed by atoms with E-state index in [9.17, 15) is 0 Å². The molecule has 7 fully saturated rings. The fourth-order valence-corrected chi connectivity index (χ4v) is 281. The lowest BCUT2D eigenvalue weighted by atomic mass is 10.5. The minimum absolute atomic E-state index is 0.676. The van der Waals surface area contributed by atoms with E-state index in [-0.39, 0.29) is 0 Å². The van der Waals surface area contributed by atoms with Crippen molar-refractivity contribution in [1.82, 2.24) is 0 Å². The molecule has 0 radical (unpaired) electrons. The average Bonchev–Trinajstić information content (AvgIpc) is 3.30. The zero-order valence-corrected chi connectivity index (χ0v) is 21.7. The van der Waals surface area contributed by atoms with Crippen molar-refractivity contribution >= 4 is 42.7 Å². The Morgan fingerprint density at radius 1 is 0.208 bits per heavy atom. The standard InChI is InChI=1S/C18H36Si6/c1-7-19-9-2-10-20(19,8-1)22-13-5-17-24(22,18-6-14-22)23-15-3-11-21(19,23)12-4-16-23/h1-18H2. The van der Waals surface area contributed by atoms with Gasteiger partial charge in [0.1, 0.15) is 0 Å². The summed E-state index contributed by atoms with van der Waals surface area (Å²) in [5, 5.41) is 0. The molecule has 0 saturated carbocycles. The van der Waals surface area contributed by atoms with Gasteiger partial charge in [-0.25, -0.2) is 0 Å². The van der Waals surface area contributed by atoms with Gasteiger partial charge in [0.25, 0.3) is 0 Å². The molecule has 24 heavy (non-hydrogen) atoms. The van der Waals surface area contributed by atoms with E-state index in [1.807, 2.05) is 111 Å². The highest BCUT2D eigenvalue weighted by atomic mass is 30.2. The third kappa shape index (κ3) is 1.09. The number of hydrogen-bond donors (Lipinski definition) is 0. The van der Waals surface area contributed by atoms with Crippen molar-refractivity contribution in [3.05, 3.63) is 0 Å². The Morgan fingerprint density at radius 2 is 0.333 bits per heavy atom. The summed E-state index contributed by atoms with van der Waals surface area (Å²) in [5.41, 5.74) is 0. The van der Waals surface area contributed by atoms with Crippen LogP contribution in [-0.4, -0.2) is 42.7 Å². The van der Waals surface area contributed by atoms with Crippen molar-refractivity contribution in [2.75, 3.05) is 0 Å². The SMILES string of the molecule is C1C[Si]23CCC[Si]2(C1)[Si]12CCC[Si]1(CCC2)[Si]12CCC[Si]31CCC2. The van der Waals surface area contributed by atoms with E-state index in [1.165, 1.54) is 0 Å². The van der Waals surface area contributed by atoms with Crippen molar-refractivity contribution in [3.63, 3.8) is 0 Å². The van der Waals surface area contributed by atoms with E-state index in [1.54, 1.807) is 0 Å². The molecule has 7 saturated heterocycles. The predicted molar refractivity (Wildman–Crippen MR) is 120 cm³/mol. The first kappa shape index (κ1) is 15.3. The van der Waals surface area contributed by atoms with Crippen molar-refractivity contribution < 1.29 is 0 Å². The molecular formula is C18H36Si6. The molecule has 0 nitrogen and oxygen atoms in total. The number of rotatable bonds is 0. The van der Waals surface area contributed by atoms with Gasteiger partial charge in [0.05, 0.1) is 0 Å². The molecule has 0 spiro atoms. The van der Waals surface area contributed by atoms with Crippen LogP contribution in [0.1, 0.15) is 38.5 Å². The minimum atomic E-state index is -0.676. The summed E-state index contributed by atoms with van der Waals surface area (Å²) in [6.45, 7) is 0. The lowest BCUT2D eigenvalue weighted by Crippen LogP contribution is -3.00. The highest BCUT2D eigenvalue weighted by molar-refractivity contribution is 8.15. The van der Waals surface area contributed by atoms with Crippen LogP contribution in [0.15, 0.2) is 0 Å². The van der Waals surface area contributed by atoms with E-state index >= 15 is 0 Å². The van der Waals surface area contributed by atoms with Crippen LogP contribution in [0.5, 0.6) is 0 Å². The molecule has 132 valence electrons. The topological polar surface area (TPSA) is 0 Å². The Bertz CT molecular complexity index is 441. The summed E-state index contributed by atoms with van der Waals surface area (Å²) in [7, 11) is -4.06. The summed E-state index contributed by atoms with van der Waals surface area (Å²) < 4.78 is 0. The molecule has 0 aliphatic carbocycles. The van der Waals surface area contributed by atoms with Gasteiger partial charge in [-0.3, -0.25) is 0 Å². The Kier molecular flexibility index (Phi) is 2.74. The van der Waals surface area contributed by atoms with Gasteiger partial charge >= 0.3 is 0 Å². The molecule has 0 aromatic carbocycles. The zero-order valence-electron chi connectivity index (χ0n) is 15.7. The lowest BCUT2D eigenvalue weighted by Gasteiger charge is -2.71. The number of hydrogen-bond acceptors (Lipinski definition) is 0. The van der Waals surface area contributed by atoms with Crippen LogP contribution in [0.2, 0.25) is 72.5 Å². The highest BCUT2D eigenvalue weighted by Gasteiger charge is 2.92. The van der Waals surface area contributed by atoms with Gasteiger partial charge in [0.15, 0.2) is 0 Å². The largest absolute Gasteiger partial charge is 0.0615 e. The maximum Gasteiger partial charge on any atom is 0.0377 e. The summed E-state index contributed by atoms with van der Waals surface area (Å²) in [6.07, 6.45) is 11.1. The molecule has 0 unspecified atom stereocenters. The lowest BCUT2D eigenvalue weighted by molar-refractivity contribution is 0.982. The van der Waals surface area contributed by atoms with E-state index in [2.05, 4.69) is 0 Å². The fraction of sp³-hybridized carbons (Fsp3) is 1.00. The molecule has 0 aromatic rings. The van der Waals surface area contributed by atoms with Crippen molar-refractivity contribution in [1.29, 1.82) is 0 Å². The summed E-state index contributed by atoms with van der Waals surface area (Å²) in [4.78, 5) is 0. The van der Waals surface area contributed by atoms with Crippen molar-refractivity contribution in [2.24, 2.45) is 0 Å². The molecule has 7 aliphatic heterocycles. The van der Waals surface area contributed by atoms with Crippen molar-refractivity contribution in [2.45, 2.75) is 111 Å². The molecule has 0 atom stereocenters. The van der Waals surface area contributed by atoms with E-state index in [0.29, 0.717) is 0 Å². The second-order valence-corrected chi connectivity index (χ2v) is 74.1. The van der Waals surface area contributed by atoms with E-state index in [4.69, 9.17) is 0 Å². The Hall–Kier alpha value is 1.30. The third-order valence-corrected chi connectivity index (χ3v) is 154. The Labute approximate surface area is 153 Å². The Morgan fingerprint density at radius 3 is 0.458 bits per heavy atom. The average molecular weight is 421 g/mol. The van der Waals surface area contributed by atoms with Crippen LogP contribution >= 0.6 is 0 Å². The molecule has 7 aliphatic rings. The molecule has 7 rings (SSSR count). The molecule has 7 heterocycles. The van der Waals surface area contributed by atoms with Gasteiger partial charge < -0.3 is 0 Å². The smallest absolute Gasteiger partial charge is 0.0377 e. The predicted octanol–water partition coefficient (Wildman–Crippen LogP) is 5.59. The monoisotopic (exact) mass is 420 g/mol. The van der Waals surface area contributed by atoms with Crippen LogP contribution in [0, 0.1) is 0 Å². The molecule has 0 amide bonds. The zero-order chi connectivity index (χ0) is 15.7. The first-order valence-electron chi connectivity index (χ1n) is 11.7. The van der Waals surface area contributed by atoms with E-state index in [0.717, 1.165) is 0 Å². The third-order valence-electron chi connectivity index (χ3n) is 12.7. The normalized spacial score (nSPS) is 66.0. The quantitative estimate of drug-likeness (QED) is 0.448. The van der Waals surface area contributed by atoms with Gasteiger partial charge in [0, 0.05) is 42.7 Å². The van der Waals surface area contributed by atoms with E-state index < -0.39 is 42.7 Å². The summed E-state index contributed by atoms with van der Waals surface area (Å²) in [6, 6.07) is 24.2. The first-order chi connectivity index (χ1) is 11.7. The molecular weight excluding hydrogens is 385 g/mol. The second kappa shape index (κ2) is 4.31. The molecule has 0 N–H and O–H groups in total. The molecule has 6 heteroatoms. The fourth-order valence-electron chi connectivity index (χ4n) is 13.4. The summed E-state index contributed by atoms with van der Waals surface area (Å²) >= 11 is 0. The van der Waals surface area contributed by atoms with Crippen LogP contribution in [-0.2, 0) is 0 Å². The molecule has 0 bridgehead atoms. The van der Waals surface area contributed by atoms with Gasteiger partial charge in [-0.05, 0) is 0 Å². The van der Waals surface area contributed by atoms with Gasteiger partial charge in [-0.2, -0.15) is 0 Å². The van der Waals surface area contributed by atoms with Crippen LogP contribution < -0.4 is 0 Å². The maximum atomic E-state index is 2.01. The van der Waals surface area contributed by atoms with Crippen molar-refractivity contribution in [3.8, 4) is 0 Å². The second-order valence-electron chi connectivity index (χ2n) is 11.6. The van der Waals surface area contributed by atoms with Crippen LogP contribution in [0.25, 0.3) is 0 Å². The van der Waals surface area contributed by atoms with Gasteiger partial charge in [-0.15, -0.1) is 0 Å². The van der Waals surface area contributed by atoms with Gasteiger partial charge in [-0.1, -0.05) is 111 Å².